The summed E-state index contributed by atoms with van der Waals surface area (Å²) in [6, 6.07) is 7.63. The molecule has 0 saturated heterocycles. The van der Waals surface area contributed by atoms with Crippen molar-refractivity contribution in [1.82, 2.24) is 10.5 Å². The summed E-state index contributed by atoms with van der Waals surface area (Å²) in [6.07, 6.45) is 1.67. The second-order valence-corrected chi connectivity index (χ2v) is 5.21. The van der Waals surface area contributed by atoms with E-state index in [0.29, 0.717) is 19.4 Å². The number of aryl methyl sites for hydroxylation is 1. The zero-order chi connectivity index (χ0) is 15.2. The van der Waals surface area contributed by atoms with Crippen LogP contribution in [0.5, 0.6) is 0 Å². The number of aromatic nitrogens is 1. The molecular formula is C15H19Cl2N3O2. The van der Waals surface area contributed by atoms with Gasteiger partial charge in [-0.05, 0) is 49.1 Å². The minimum atomic E-state index is -0.0119. The summed E-state index contributed by atoms with van der Waals surface area (Å²) in [5, 5.41) is 6.90. The molecule has 0 aliphatic rings. The molecule has 1 amide bonds. The summed E-state index contributed by atoms with van der Waals surface area (Å²) in [7, 11) is 0. The Kier molecular flexibility index (Phi) is 7.21. The molecule has 1 heterocycles. The van der Waals surface area contributed by atoms with Gasteiger partial charge in [-0.3, -0.25) is 4.79 Å². The molecule has 0 bridgehead atoms. The molecule has 0 radical (unpaired) electrons. The number of halogens is 2. The predicted molar refractivity (Wildman–Crippen MR) is 89.4 cm³/mol. The van der Waals surface area contributed by atoms with Gasteiger partial charge in [0.1, 0.15) is 0 Å². The number of nitrogens with two attached hydrogens (primary N) is 1. The molecule has 2 rings (SSSR count). The van der Waals surface area contributed by atoms with Crippen LogP contribution < -0.4 is 11.1 Å². The van der Waals surface area contributed by atoms with Gasteiger partial charge in [-0.1, -0.05) is 17.3 Å². The zero-order valence-electron chi connectivity index (χ0n) is 12.3. The molecule has 22 heavy (non-hydrogen) atoms. The number of anilines is 1. The maximum absolute atomic E-state index is 11.8. The van der Waals surface area contributed by atoms with Crippen LogP contribution >= 0.6 is 24.0 Å². The Morgan fingerprint density at radius 3 is 2.59 bits per heavy atom. The minimum Gasteiger partial charge on any atom is -0.399 e. The number of hydrogen-bond acceptors (Lipinski definition) is 4. The van der Waals surface area contributed by atoms with Gasteiger partial charge >= 0.3 is 0 Å². The first-order chi connectivity index (χ1) is 10.1. The van der Waals surface area contributed by atoms with E-state index in [0.717, 1.165) is 28.9 Å². The zero-order valence-corrected chi connectivity index (χ0v) is 13.8. The molecule has 120 valence electrons. The summed E-state index contributed by atoms with van der Waals surface area (Å²) < 4.78 is 4.85. The highest BCUT2D eigenvalue weighted by molar-refractivity contribution is 6.29. The van der Waals surface area contributed by atoms with E-state index in [1.165, 1.54) is 0 Å². The number of rotatable bonds is 6. The van der Waals surface area contributed by atoms with Crippen molar-refractivity contribution in [2.45, 2.75) is 26.2 Å². The third-order valence-corrected chi connectivity index (χ3v) is 3.55. The fraction of sp³-hybridized carbons (Fsp3) is 0.333. The Morgan fingerprint density at radius 2 is 2.00 bits per heavy atom. The quantitative estimate of drug-likeness (QED) is 0.790. The van der Waals surface area contributed by atoms with E-state index in [2.05, 4.69) is 10.5 Å². The SMILES string of the molecule is Cc1noc(Cl)c1CCC(=O)NCCc1ccc(N)cc1.Cl. The van der Waals surface area contributed by atoms with Crippen LogP contribution in [-0.2, 0) is 17.6 Å². The Labute approximate surface area is 140 Å². The number of amides is 1. The molecule has 2 aromatic rings. The number of nitrogen functional groups attached to an aromatic ring is 1. The lowest BCUT2D eigenvalue weighted by molar-refractivity contribution is -0.121. The first-order valence-corrected chi connectivity index (χ1v) is 7.16. The molecule has 3 N–H and O–H groups in total. The van der Waals surface area contributed by atoms with Crippen LogP contribution in [0.2, 0.25) is 5.22 Å². The van der Waals surface area contributed by atoms with Crippen LogP contribution in [0.15, 0.2) is 28.8 Å². The number of nitrogens with one attached hydrogen (secondary N) is 1. The monoisotopic (exact) mass is 343 g/mol. The molecule has 7 heteroatoms. The molecule has 0 fully saturated rings. The van der Waals surface area contributed by atoms with Gasteiger partial charge in [-0.2, -0.15) is 0 Å². The van der Waals surface area contributed by atoms with Gasteiger partial charge in [0.05, 0.1) is 5.69 Å². The summed E-state index contributed by atoms with van der Waals surface area (Å²) in [4.78, 5) is 11.8. The molecule has 1 aromatic carbocycles. The van der Waals surface area contributed by atoms with Gasteiger partial charge in [0.25, 0.3) is 0 Å². The minimum absolute atomic E-state index is 0. The van der Waals surface area contributed by atoms with E-state index in [9.17, 15) is 4.79 Å². The summed E-state index contributed by atoms with van der Waals surface area (Å²) in [6.45, 7) is 2.41. The van der Waals surface area contributed by atoms with Crippen molar-refractivity contribution in [3.8, 4) is 0 Å². The second kappa shape index (κ2) is 8.66. The third-order valence-electron chi connectivity index (χ3n) is 3.25. The van der Waals surface area contributed by atoms with E-state index >= 15 is 0 Å². The normalized spacial score (nSPS) is 10.1. The van der Waals surface area contributed by atoms with Crippen LogP contribution in [-0.4, -0.2) is 17.6 Å². The van der Waals surface area contributed by atoms with Crippen LogP contribution in [0.25, 0.3) is 0 Å². The lowest BCUT2D eigenvalue weighted by atomic mass is 10.1. The molecule has 5 nitrogen and oxygen atoms in total. The van der Waals surface area contributed by atoms with Crippen molar-refractivity contribution in [3.63, 3.8) is 0 Å². The Morgan fingerprint density at radius 1 is 1.32 bits per heavy atom. The van der Waals surface area contributed by atoms with Crippen LogP contribution in [0, 0.1) is 6.92 Å². The fourth-order valence-electron chi connectivity index (χ4n) is 2.00. The maximum atomic E-state index is 11.8. The van der Waals surface area contributed by atoms with Crippen molar-refractivity contribution >= 4 is 35.6 Å². The fourth-order valence-corrected chi connectivity index (χ4v) is 2.26. The van der Waals surface area contributed by atoms with Gasteiger partial charge in [0, 0.05) is 24.2 Å². The molecule has 0 spiro atoms. The Balaban J connectivity index is 0.00000242. The Bertz CT molecular complexity index is 592. The number of carbonyl (C=O) groups is 1. The molecule has 1 aromatic heterocycles. The van der Waals surface area contributed by atoms with Gasteiger partial charge in [-0.15, -0.1) is 12.4 Å². The van der Waals surface area contributed by atoms with Gasteiger partial charge in [-0.25, -0.2) is 0 Å². The van der Waals surface area contributed by atoms with Gasteiger partial charge in [0.15, 0.2) is 0 Å². The number of carbonyl (C=O) groups excluding carboxylic acids is 1. The first kappa shape index (κ1) is 18.3. The highest BCUT2D eigenvalue weighted by Gasteiger charge is 2.12. The van der Waals surface area contributed by atoms with Crippen molar-refractivity contribution in [2.24, 2.45) is 0 Å². The van der Waals surface area contributed by atoms with E-state index < -0.39 is 0 Å². The summed E-state index contributed by atoms with van der Waals surface area (Å²) in [5.74, 6) is -0.0119. The second-order valence-electron chi connectivity index (χ2n) is 4.86. The summed E-state index contributed by atoms with van der Waals surface area (Å²) in [5.41, 5.74) is 9.03. The average Bonchev–Trinajstić information content (AvgIpc) is 2.78. The van der Waals surface area contributed by atoms with Crippen LogP contribution in [0.3, 0.4) is 0 Å². The number of hydrogen-bond donors (Lipinski definition) is 2. The van der Waals surface area contributed by atoms with Gasteiger partial charge < -0.3 is 15.6 Å². The van der Waals surface area contributed by atoms with Crippen LogP contribution in [0.1, 0.15) is 23.2 Å². The molecule has 0 unspecified atom stereocenters. The standard InChI is InChI=1S/C15H18ClN3O2.ClH/c1-10-13(15(16)21-19-10)6-7-14(20)18-9-8-11-2-4-12(17)5-3-11;/h2-5H,6-9,17H2,1H3,(H,18,20);1H. The highest BCUT2D eigenvalue weighted by atomic mass is 35.5. The largest absolute Gasteiger partial charge is 0.399 e. The molecule has 0 saturated carbocycles. The molecule has 0 atom stereocenters. The lowest BCUT2D eigenvalue weighted by Gasteiger charge is -2.05. The van der Waals surface area contributed by atoms with Gasteiger partial charge in [0.2, 0.25) is 11.1 Å². The first-order valence-electron chi connectivity index (χ1n) is 6.78. The van der Waals surface area contributed by atoms with E-state index in [1.54, 1.807) is 0 Å². The number of benzene rings is 1. The highest BCUT2D eigenvalue weighted by Crippen LogP contribution is 2.20. The smallest absolute Gasteiger partial charge is 0.229 e. The van der Waals surface area contributed by atoms with Crippen molar-refractivity contribution < 1.29 is 9.32 Å². The molecule has 0 aliphatic carbocycles. The molecule has 0 aliphatic heterocycles. The number of nitrogens with zero attached hydrogens (tertiary/aromatic N) is 1. The van der Waals surface area contributed by atoms with E-state index in [4.69, 9.17) is 21.9 Å². The maximum Gasteiger partial charge on any atom is 0.229 e. The summed E-state index contributed by atoms with van der Waals surface area (Å²) >= 11 is 5.85. The molecular weight excluding hydrogens is 325 g/mol. The lowest BCUT2D eigenvalue weighted by Crippen LogP contribution is -2.25. The Hall–Kier alpha value is -1.72. The average molecular weight is 344 g/mol. The van der Waals surface area contributed by atoms with E-state index in [1.807, 2.05) is 31.2 Å². The third kappa shape index (κ3) is 5.24. The van der Waals surface area contributed by atoms with E-state index in [-0.39, 0.29) is 23.5 Å². The topological polar surface area (TPSA) is 81.2 Å². The predicted octanol–water partition coefficient (Wildman–Crippen LogP) is 2.93. The van der Waals surface area contributed by atoms with Crippen molar-refractivity contribution in [2.75, 3.05) is 12.3 Å². The van der Waals surface area contributed by atoms with Crippen molar-refractivity contribution in [3.05, 3.63) is 46.3 Å². The van der Waals surface area contributed by atoms with Crippen molar-refractivity contribution in [1.29, 1.82) is 0 Å². The van der Waals surface area contributed by atoms with Crippen LogP contribution in [0.4, 0.5) is 5.69 Å².